The van der Waals surface area contributed by atoms with Crippen molar-refractivity contribution in [3.8, 4) is 0 Å². The summed E-state index contributed by atoms with van der Waals surface area (Å²) >= 11 is 0. The maximum Gasteiger partial charge on any atom is 0.411 e. The fraction of sp³-hybridized carbons (Fsp3) is 1.00. The van der Waals surface area contributed by atoms with Gasteiger partial charge in [-0.1, -0.05) is 6.92 Å². The Morgan fingerprint density at radius 2 is 1.94 bits per heavy atom. The summed E-state index contributed by atoms with van der Waals surface area (Å²) in [6.45, 7) is 1.75. The molecule has 0 bridgehead atoms. The predicted octanol–water partition coefficient (Wildman–Crippen LogP) is 2.72. The van der Waals surface area contributed by atoms with E-state index in [1.165, 1.54) is 12.8 Å². The van der Waals surface area contributed by atoms with E-state index in [0.29, 0.717) is 18.9 Å². The van der Waals surface area contributed by atoms with Gasteiger partial charge in [0.25, 0.3) is 0 Å². The van der Waals surface area contributed by atoms with Gasteiger partial charge in [0.05, 0.1) is 0 Å². The summed E-state index contributed by atoms with van der Waals surface area (Å²) in [4.78, 5) is 0. The summed E-state index contributed by atoms with van der Waals surface area (Å²) in [5.41, 5.74) is 5.81. The molecule has 2 nitrogen and oxygen atoms in total. The maximum absolute atomic E-state index is 11.8. The van der Waals surface area contributed by atoms with Crippen LogP contribution in [0.4, 0.5) is 13.2 Å². The summed E-state index contributed by atoms with van der Waals surface area (Å²) < 4.78 is 39.9. The van der Waals surface area contributed by atoms with Crippen LogP contribution in [0.3, 0.4) is 0 Å². The first-order valence-corrected chi connectivity index (χ1v) is 5.72. The molecular weight excluding hydrogens is 219 g/mol. The molecule has 2 N–H and O–H groups in total. The van der Waals surface area contributed by atoms with E-state index in [1.54, 1.807) is 0 Å². The molecule has 1 aliphatic carbocycles. The molecule has 1 fully saturated rings. The first-order chi connectivity index (χ1) is 7.37. The molecule has 0 aromatic carbocycles. The molecule has 1 rings (SSSR count). The monoisotopic (exact) mass is 239 g/mol. The predicted molar refractivity (Wildman–Crippen MR) is 56.0 cm³/mol. The largest absolute Gasteiger partial charge is 0.411 e. The molecule has 1 aliphatic rings. The van der Waals surface area contributed by atoms with Crippen molar-refractivity contribution in [2.24, 2.45) is 17.1 Å². The van der Waals surface area contributed by atoms with Gasteiger partial charge in [-0.3, -0.25) is 0 Å². The molecule has 16 heavy (non-hydrogen) atoms. The van der Waals surface area contributed by atoms with Crippen LogP contribution in [0.1, 0.15) is 32.6 Å². The summed E-state index contributed by atoms with van der Waals surface area (Å²) in [6.07, 6.45) is -0.297. The molecule has 0 aromatic rings. The maximum atomic E-state index is 11.8. The lowest BCUT2D eigenvalue weighted by atomic mass is 9.80. The first kappa shape index (κ1) is 13.8. The average Bonchev–Trinajstić information content (AvgIpc) is 2.98. The van der Waals surface area contributed by atoms with Gasteiger partial charge in [-0.25, -0.2) is 0 Å². The summed E-state index contributed by atoms with van der Waals surface area (Å²) in [5.74, 6) is 0.667. The Hall–Kier alpha value is -0.290. The fourth-order valence-corrected chi connectivity index (χ4v) is 2.02. The molecular formula is C11H20F3NO. The fourth-order valence-electron chi connectivity index (χ4n) is 2.02. The summed E-state index contributed by atoms with van der Waals surface area (Å²) in [7, 11) is 0. The third-order valence-corrected chi connectivity index (χ3v) is 3.33. The van der Waals surface area contributed by atoms with Gasteiger partial charge in [-0.15, -0.1) is 0 Å². The van der Waals surface area contributed by atoms with Gasteiger partial charge in [-0.05, 0) is 43.6 Å². The van der Waals surface area contributed by atoms with Crippen molar-refractivity contribution >= 4 is 0 Å². The highest BCUT2D eigenvalue weighted by Crippen LogP contribution is 2.47. The normalized spacial score (nSPS) is 20.8. The quantitative estimate of drug-likeness (QED) is 0.693. The molecule has 0 saturated heterocycles. The molecule has 1 saturated carbocycles. The number of nitrogens with two attached hydrogens (primary N) is 1. The molecule has 0 aliphatic heterocycles. The van der Waals surface area contributed by atoms with Crippen LogP contribution >= 0.6 is 0 Å². The van der Waals surface area contributed by atoms with E-state index in [4.69, 9.17) is 5.73 Å². The molecule has 1 unspecified atom stereocenters. The van der Waals surface area contributed by atoms with E-state index in [-0.39, 0.29) is 12.0 Å². The van der Waals surface area contributed by atoms with Crippen LogP contribution in [0.15, 0.2) is 0 Å². The second-order valence-electron chi connectivity index (χ2n) is 4.90. The van der Waals surface area contributed by atoms with Gasteiger partial charge < -0.3 is 10.5 Å². The topological polar surface area (TPSA) is 35.2 Å². The second kappa shape index (κ2) is 5.36. The Morgan fingerprint density at radius 1 is 1.31 bits per heavy atom. The van der Waals surface area contributed by atoms with E-state index in [9.17, 15) is 13.2 Å². The third kappa shape index (κ3) is 4.70. The lowest BCUT2D eigenvalue weighted by molar-refractivity contribution is -0.174. The van der Waals surface area contributed by atoms with Gasteiger partial charge in [-0.2, -0.15) is 13.2 Å². The zero-order valence-corrected chi connectivity index (χ0v) is 9.65. The SMILES string of the molecule is CC(CN)(CCCOCC(F)(F)F)C1CC1. The number of hydrogen-bond donors (Lipinski definition) is 1. The Morgan fingerprint density at radius 3 is 2.38 bits per heavy atom. The lowest BCUT2D eigenvalue weighted by Gasteiger charge is -2.27. The number of rotatable bonds is 7. The zero-order valence-electron chi connectivity index (χ0n) is 9.65. The lowest BCUT2D eigenvalue weighted by Crippen LogP contribution is -2.30. The molecule has 1 atom stereocenters. The summed E-state index contributed by atoms with van der Waals surface area (Å²) in [5, 5.41) is 0. The van der Waals surface area contributed by atoms with Crippen LogP contribution in [-0.4, -0.2) is 25.9 Å². The first-order valence-electron chi connectivity index (χ1n) is 5.72. The van der Waals surface area contributed by atoms with E-state index < -0.39 is 12.8 Å². The van der Waals surface area contributed by atoms with Crippen molar-refractivity contribution in [1.29, 1.82) is 0 Å². The molecule has 0 radical (unpaired) electrons. The van der Waals surface area contributed by atoms with Crippen LogP contribution in [0.25, 0.3) is 0 Å². The highest BCUT2D eigenvalue weighted by molar-refractivity contribution is 4.91. The van der Waals surface area contributed by atoms with Crippen molar-refractivity contribution in [3.63, 3.8) is 0 Å². The van der Waals surface area contributed by atoms with Gasteiger partial charge >= 0.3 is 6.18 Å². The molecule has 96 valence electrons. The van der Waals surface area contributed by atoms with Crippen molar-refractivity contribution in [2.75, 3.05) is 19.8 Å². The minimum absolute atomic E-state index is 0.0988. The number of ether oxygens (including phenoxy) is 1. The van der Waals surface area contributed by atoms with Crippen molar-refractivity contribution < 1.29 is 17.9 Å². The van der Waals surface area contributed by atoms with Crippen LogP contribution in [0.5, 0.6) is 0 Å². The van der Waals surface area contributed by atoms with Crippen LogP contribution in [0, 0.1) is 11.3 Å². The van der Waals surface area contributed by atoms with Crippen LogP contribution in [0.2, 0.25) is 0 Å². The van der Waals surface area contributed by atoms with Gasteiger partial charge in [0.15, 0.2) is 0 Å². The van der Waals surface area contributed by atoms with Gasteiger partial charge in [0.2, 0.25) is 0 Å². The molecule has 0 aromatic heterocycles. The Balaban J connectivity index is 2.10. The Kier molecular flexibility index (Phi) is 4.62. The molecule has 0 spiro atoms. The van der Waals surface area contributed by atoms with Gasteiger partial charge in [0.1, 0.15) is 6.61 Å². The Bertz CT molecular complexity index is 216. The average molecular weight is 239 g/mol. The molecule has 5 heteroatoms. The van der Waals surface area contributed by atoms with Gasteiger partial charge in [0, 0.05) is 6.61 Å². The number of alkyl halides is 3. The van der Waals surface area contributed by atoms with E-state index in [0.717, 1.165) is 6.42 Å². The second-order valence-corrected chi connectivity index (χ2v) is 4.90. The van der Waals surface area contributed by atoms with E-state index >= 15 is 0 Å². The van der Waals surface area contributed by atoms with Crippen molar-refractivity contribution in [3.05, 3.63) is 0 Å². The third-order valence-electron chi connectivity index (χ3n) is 3.33. The summed E-state index contributed by atoms with van der Waals surface area (Å²) in [6, 6.07) is 0. The standard InChI is InChI=1S/C11H20F3NO/c1-10(7-15,9-3-4-9)5-2-6-16-8-11(12,13)14/h9H,2-8,15H2,1H3. The van der Waals surface area contributed by atoms with Crippen molar-refractivity contribution in [2.45, 2.75) is 38.8 Å². The van der Waals surface area contributed by atoms with E-state index in [2.05, 4.69) is 11.7 Å². The smallest absolute Gasteiger partial charge is 0.372 e. The van der Waals surface area contributed by atoms with Crippen molar-refractivity contribution in [1.82, 2.24) is 0 Å². The number of halogens is 3. The highest BCUT2D eigenvalue weighted by Gasteiger charge is 2.39. The minimum atomic E-state index is -4.21. The highest BCUT2D eigenvalue weighted by atomic mass is 19.4. The zero-order chi connectivity index (χ0) is 12.2. The molecule has 0 amide bonds. The number of hydrogen-bond acceptors (Lipinski definition) is 2. The minimum Gasteiger partial charge on any atom is -0.372 e. The van der Waals surface area contributed by atoms with Crippen LogP contribution < -0.4 is 5.73 Å². The Labute approximate surface area is 94.3 Å². The van der Waals surface area contributed by atoms with Crippen LogP contribution in [-0.2, 0) is 4.74 Å². The molecule has 0 heterocycles. The van der Waals surface area contributed by atoms with E-state index in [1.807, 2.05) is 0 Å².